The minimum Gasteiger partial charge on any atom is -0.393 e. The van der Waals surface area contributed by atoms with Crippen LogP contribution in [0.4, 0.5) is 26.3 Å². The van der Waals surface area contributed by atoms with Gasteiger partial charge >= 0.3 is 12.4 Å². The van der Waals surface area contributed by atoms with Gasteiger partial charge in [0.1, 0.15) is 11.2 Å². The molecule has 3 nitrogen and oxygen atoms in total. The number of hydrogen-bond acceptors (Lipinski definition) is 3. The molecule has 19 heavy (non-hydrogen) atoms. The Hall–Kier alpha value is -0.800. The summed E-state index contributed by atoms with van der Waals surface area (Å²) in [6.45, 7) is -2.44. The van der Waals surface area contributed by atoms with E-state index in [1.54, 1.807) is 0 Å². The third-order valence-corrected chi connectivity index (χ3v) is 3.56. The Morgan fingerprint density at radius 3 is 1.37 bits per heavy atom. The van der Waals surface area contributed by atoms with Gasteiger partial charge in [0.2, 0.25) is 0 Å². The summed E-state index contributed by atoms with van der Waals surface area (Å²) in [5.41, 5.74) is -8.69. The summed E-state index contributed by atoms with van der Waals surface area (Å²) in [6.07, 6.45) is -11.4. The van der Waals surface area contributed by atoms with Gasteiger partial charge in [-0.05, 0) is 12.8 Å². The Bertz CT molecular complexity index is 388. The summed E-state index contributed by atoms with van der Waals surface area (Å²) >= 11 is 0. The monoisotopic (exact) mass is 292 g/mol. The molecule has 0 saturated carbocycles. The summed E-state index contributed by atoms with van der Waals surface area (Å²) in [5.74, 6) is 0. The van der Waals surface area contributed by atoms with Crippen LogP contribution in [-0.4, -0.2) is 47.0 Å². The van der Waals surface area contributed by atoms with Crippen LogP contribution in [-0.2, 0) is 4.74 Å². The van der Waals surface area contributed by atoms with E-state index in [1.807, 2.05) is 0 Å². The average molecular weight is 292 g/mol. The number of aliphatic hydroxyl groups is 2. The van der Waals surface area contributed by atoms with Crippen molar-refractivity contribution in [2.45, 2.75) is 36.4 Å². The minimum absolute atomic E-state index is 0.418. The molecule has 0 radical (unpaired) electrons. The second-order valence-electron chi connectivity index (χ2n) is 4.65. The fraction of sp³-hybridized carbons (Fsp3) is 0.800. The van der Waals surface area contributed by atoms with Gasteiger partial charge in [-0.1, -0.05) is 0 Å². The van der Waals surface area contributed by atoms with Crippen LogP contribution in [0.25, 0.3) is 0 Å². The molecule has 2 bridgehead atoms. The molecule has 2 aliphatic rings. The van der Waals surface area contributed by atoms with Crippen LogP contribution in [0.15, 0.2) is 11.1 Å². The molecule has 0 aliphatic carbocycles. The van der Waals surface area contributed by atoms with E-state index in [9.17, 15) is 26.3 Å². The second-order valence-corrected chi connectivity index (χ2v) is 4.65. The molecule has 2 atom stereocenters. The molecule has 0 amide bonds. The number of alkyl halides is 6. The molecule has 0 spiro atoms. The van der Waals surface area contributed by atoms with Crippen molar-refractivity contribution in [1.82, 2.24) is 0 Å². The predicted molar refractivity (Wildman–Crippen MR) is 49.1 cm³/mol. The van der Waals surface area contributed by atoms with Gasteiger partial charge in [-0.15, -0.1) is 0 Å². The first-order valence-electron chi connectivity index (χ1n) is 5.34. The predicted octanol–water partition coefficient (Wildman–Crippen LogP) is 1.69. The largest absolute Gasteiger partial charge is 0.415 e. The maximum atomic E-state index is 12.9. The highest BCUT2D eigenvalue weighted by Gasteiger charge is 2.71. The second kappa shape index (κ2) is 3.86. The van der Waals surface area contributed by atoms with E-state index < -0.39 is 60.8 Å². The topological polar surface area (TPSA) is 49.7 Å². The van der Waals surface area contributed by atoms with E-state index in [4.69, 9.17) is 14.9 Å². The lowest BCUT2D eigenvalue weighted by Crippen LogP contribution is -2.42. The molecule has 2 unspecified atom stereocenters. The summed E-state index contributed by atoms with van der Waals surface area (Å²) in [6, 6.07) is 0. The average Bonchev–Trinajstić information content (AvgIpc) is 2.79. The lowest BCUT2D eigenvalue weighted by Gasteiger charge is -2.30. The Balaban J connectivity index is 2.73. The molecule has 0 aromatic rings. The van der Waals surface area contributed by atoms with Crippen molar-refractivity contribution in [1.29, 1.82) is 0 Å². The molecule has 2 rings (SSSR count). The SMILES string of the molecule is OCC12CCC(CO)(O1)C(C(F)(F)F)=C2C(F)(F)F. The molecule has 2 heterocycles. The molecule has 0 aromatic carbocycles. The normalized spacial score (nSPS) is 35.4. The quantitative estimate of drug-likeness (QED) is 0.601. The first-order chi connectivity index (χ1) is 8.52. The van der Waals surface area contributed by atoms with Crippen molar-refractivity contribution >= 4 is 0 Å². The lowest BCUT2D eigenvalue weighted by atomic mass is 9.76. The fourth-order valence-electron chi connectivity index (χ4n) is 2.87. The number of rotatable bonds is 2. The zero-order chi connectivity index (χ0) is 14.7. The van der Waals surface area contributed by atoms with Gasteiger partial charge in [0.25, 0.3) is 0 Å². The van der Waals surface area contributed by atoms with E-state index in [1.165, 1.54) is 0 Å². The van der Waals surface area contributed by atoms with Gasteiger partial charge in [0.15, 0.2) is 0 Å². The molecule has 1 fully saturated rings. The summed E-state index contributed by atoms with van der Waals surface area (Å²) < 4.78 is 82.2. The van der Waals surface area contributed by atoms with Crippen molar-refractivity contribution in [2.75, 3.05) is 13.2 Å². The van der Waals surface area contributed by atoms with E-state index in [0.717, 1.165) is 0 Å². The maximum Gasteiger partial charge on any atom is 0.415 e. The summed E-state index contributed by atoms with van der Waals surface area (Å²) in [4.78, 5) is 0. The van der Waals surface area contributed by atoms with Gasteiger partial charge in [-0.3, -0.25) is 0 Å². The lowest BCUT2D eigenvalue weighted by molar-refractivity contribution is -0.142. The zero-order valence-corrected chi connectivity index (χ0v) is 9.40. The molecule has 9 heteroatoms. The highest BCUT2D eigenvalue weighted by molar-refractivity contribution is 5.46. The molecular weight excluding hydrogens is 282 g/mol. The Kier molecular flexibility index (Phi) is 2.97. The standard InChI is InChI=1S/C10H10F6O3/c11-9(12,13)5-6(10(14,15)16)8(4-18)2-1-7(5,3-17)19-8/h17-18H,1-4H2. The Labute approximate surface area is 103 Å². The van der Waals surface area contributed by atoms with Crippen LogP contribution in [0.1, 0.15) is 12.8 Å². The highest BCUT2D eigenvalue weighted by Crippen LogP contribution is 2.61. The number of halogens is 6. The molecule has 110 valence electrons. The number of aliphatic hydroxyl groups excluding tert-OH is 2. The van der Waals surface area contributed by atoms with Gasteiger partial charge in [0.05, 0.1) is 24.4 Å². The zero-order valence-electron chi connectivity index (χ0n) is 9.40. The molecule has 2 aliphatic heterocycles. The minimum atomic E-state index is -5.29. The van der Waals surface area contributed by atoms with Crippen LogP contribution in [0.3, 0.4) is 0 Å². The number of hydrogen-bond donors (Lipinski definition) is 2. The van der Waals surface area contributed by atoms with E-state index >= 15 is 0 Å². The first kappa shape index (κ1) is 14.6. The van der Waals surface area contributed by atoms with Crippen molar-refractivity contribution in [2.24, 2.45) is 0 Å². The van der Waals surface area contributed by atoms with E-state index in [2.05, 4.69) is 0 Å². The highest BCUT2D eigenvalue weighted by atomic mass is 19.4. The fourth-order valence-corrected chi connectivity index (χ4v) is 2.87. The van der Waals surface area contributed by atoms with Gasteiger partial charge in [-0.25, -0.2) is 0 Å². The third kappa shape index (κ3) is 1.86. The Morgan fingerprint density at radius 2 is 1.16 bits per heavy atom. The summed E-state index contributed by atoms with van der Waals surface area (Å²) in [5, 5.41) is 18.1. The van der Waals surface area contributed by atoms with Crippen molar-refractivity contribution in [3.8, 4) is 0 Å². The van der Waals surface area contributed by atoms with Crippen molar-refractivity contribution < 1.29 is 41.3 Å². The van der Waals surface area contributed by atoms with Gasteiger partial charge in [-0.2, -0.15) is 26.3 Å². The van der Waals surface area contributed by atoms with Crippen LogP contribution in [0.5, 0.6) is 0 Å². The molecular formula is C10H10F6O3. The molecule has 1 saturated heterocycles. The van der Waals surface area contributed by atoms with Gasteiger partial charge < -0.3 is 14.9 Å². The molecule has 0 aromatic heterocycles. The number of fused-ring (bicyclic) bond motifs is 2. The maximum absolute atomic E-state index is 12.9. The first-order valence-corrected chi connectivity index (χ1v) is 5.34. The van der Waals surface area contributed by atoms with Crippen LogP contribution in [0.2, 0.25) is 0 Å². The van der Waals surface area contributed by atoms with Crippen LogP contribution >= 0.6 is 0 Å². The number of ether oxygens (including phenoxy) is 1. The smallest absolute Gasteiger partial charge is 0.393 e. The van der Waals surface area contributed by atoms with Gasteiger partial charge in [0, 0.05) is 0 Å². The summed E-state index contributed by atoms with van der Waals surface area (Å²) in [7, 11) is 0. The van der Waals surface area contributed by atoms with Crippen molar-refractivity contribution in [3.05, 3.63) is 11.1 Å². The molecule has 2 N–H and O–H groups in total. The van der Waals surface area contributed by atoms with E-state index in [0.29, 0.717) is 0 Å². The third-order valence-electron chi connectivity index (χ3n) is 3.56. The van der Waals surface area contributed by atoms with Crippen LogP contribution in [0, 0.1) is 0 Å². The van der Waals surface area contributed by atoms with Crippen molar-refractivity contribution in [3.63, 3.8) is 0 Å². The van der Waals surface area contributed by atoms with Crippen LogP contribution < -0.4 is 0 Å². The van der Waals surface area contributed by atoms with E-state index in [-0.39, 0.29) is 0 Å². The Morgan fingerprint density at radius 1 is 0.842 bits per heavy atom.